The molecule has 1 radical (unpaired) electrons. The van der Waals surface area contributed by atoms with Gasteiger partial charge >= 0.3 is 0 Å². The van der Waals surface area contributed by atoms with E-state index in [-0.39, 0.29) is 0 Å². The summed E-state index contributed by atoms with van der Waals surface area (Å²) in [5.41, 5.74) is 0.653. The zero-order valence-corrected chi connectivity index (χ0v) is 6.45. The first-order valence-electron chi connectivity index (χ1n) is 3.00. The molecular formula is C6H5N4S. The van der Waals surface area contributed by atoms with Gasteiger partial charge in [0.05, 0.1) is 11.9 Å². The summed E-state index contributed by atoms with van der Waals surface area (Å²) < 4.78 is 1.60. The number of hydrogen-bond donors (Lipinski definition) is 0. The Labute approximate surface area is 67.5 Å². The molecule has 0 spiro atoms. The van der Waals surface area contributed by atoms with Crippen molar-refractivity contribution in [3.63, 3.8) is 0 Å². The summed E-state index contributed by atoms with van der Waals surface area (Å²) >= 11 is 1.51. The van der Waals surface area contributed by atoms with E-state index in [1.807, 2.05) is 5.38 Å². The monoisotopic (exact) mass is 165 g/mol. The molecule has 0 aliphatic carbocycles. The van der Waals surface area contributed by atoms with Gasteiger partial charge in [-0.3, -0.25) is 0 Å². The van der Waals surface area contributed by atoms with Gasteiger partial charge in [-0.2, -0.15) is 4.68 Å². The highest BCUT2D eigenvalue weighted by Gasteiger charge is 1.99. The van der Waals surface area contributed by atoms with Gasteiger partial charge in [0.25, 0.3) is 0 Å². The molecule has 2 heterocycles. The SMILES string of the molecule is [CH2]c1cn(-c2nccs2)nn1. The molecule has 5 heteroatoms. The lowest BCUT2D eigenvalue weighted by atomic mass is 10.6. The summed E-state index contributed by atoms with van der Waals surface area (Å²) in [7, 11) is 0. The first-order valence-corrected chi connectivity index (χ1v) is 3.88. The van der Waals surface area contributed by atoms with Gasteiger partial charge in [0.15, 0.2) is 0 Å². The Bertz CT molecular complexity index is 337. The molecule has 0 saturated carbocycles. The number of thiazole rings is 1. The Morgan fingerprint density at radius 1 is 1.55 bits per heavy atom. The summed E-state index contributed by atoms with van der Waals surface area (Å²) in [6.07, 6.45) is 3.46. The second-order valence-corrected chi connectivity index (χ2v) is 2.84. The van der Waals surface area contributed by atoms with Crippen molar-refractivity contribution in [3.05, 3.63) is 30.4 Å². The number of nitrogens with zero attached hydrogens (tertiary/aromatic N) is 4. The normalized spacial score (nSPS) is 10.3. The molecule has 2 aromatic heterocycles. The van der Waals surface area contributed by atoms with Crippen molar-refractivity contribution in [2.24, 2.45) is 0 Å². The van der Waals surface area contributed by atoms with Crippen molar-refractivity contribution >= 4 is 11.3 Å². The van der Waals surface area contributed by atoms with Gasteiger partial charge in [-0.15, -0.1) is 16.4 Å². The average Bonchev–Trinajstić information content (AvgIpc) is 2.55. The Hall–Kier alpha value is -1.23. The topological polar surface area (TPSA) is 43.6 Å². The zero-order valence-electron chi connectivity index (χ0n) is 5.64. The lowest BCUT2D eigenvalue weighted by molar-refractivity contribution is 0.796. The van der Waals surface area contributed by atoms with Crippen LogP contribution in [0.4, 0.5) is 0 Å². The Morgan fingerprint density at radius 2 is 2.45 bits per heavy atom. The molecule has 0 atom stereocenters. The lowest BCUT2D eigenvalue weighted by Gasteiger charge is -1.88. The van der Waals surface area contributed by atoms with Crippen molar-refractivity contribution < 1.29 is 0 Å². The molecule has 0 aliphatic heterocycles. The smallest absolute Gasteiger partial charge is 0.211 e. The fraction of sp³-hybridized carbons (Fsp3) is 0. The quantitative estimate of drug-likeness (QED) is 0.630. The van der Waals surface area contributed by atoms with Crippen LogP contribution in [0, 0.1) is 6.92 Å². The summed E-state index contributed by atoms with van der Waals surface area (Å²) in [5, 5.41) is 10.3. The van der Waals surface area contributed by atoms with E-state index in [0.29, 0.717) is 5.69 Å². The van der Waals surface area contributed by atoms with Gasteiger partial charge in [-0.1, -0.05) is 5.21 Å². The van der Waals surface area contributed by atoms with Crippen LogP contribution in [0.2, 0.25) is 0 Å². The van der Waals surface area contributed by atoms with Crippen molar-refractivity contribution in [2.45, 2.75) is 0 Å². The number of aromatic nitrogens is 4. The van der Waals surface area contributed by atoms with Crippen LogP contribution in [0.1, 0.15) is 5.69 Å². The van der Waals surface area contributed by atoms with E-state index in [4.69, 9.17) is 0 Å². The Kier molecular flexibility index (Phi) is 1.43. The van der Waals surface area contributed by atoms with E-state index in [9.17, 15) is 0 Å². The van der Waals surface area contributed by atoms with Crippen molar-refractivity contribution in [1.29, 1.82) is 0 Å². The highest BCUT2D eigenvalue weighted by atomic mass is 32.1. The maximum atomic E-state index is 4.05. The molecule has 0 N–H and O–H groups in total. The van der Waals surface area contributed by atoms with E-state index in [1.165, 1.54) is 11.3 Å². The summed E-state index contributed by atoms with van der Waals surface area (Å²) in [5.74, 6) is 0. The van der Waals surface area contributed by atoms with Gasteiger partial charge in [0.1, 0.15) is 0 Å². The molecule has 0 aliphatic rings. The van der Waals surface area contributed by atoms with Crippen molar-refractivity contribution in [3.8, 4) is 5.13 Å². The fourth-order valence-corrected chi connectivity index (χ4v) is 1.28. The average molecular weight is 165 g/mol. The molecule has 2 aromatic rings. The minimum absolute atomic E-state index is 0.653. The van der Waals surface area contributed by atoms with Crippen LogP contribution in [0.3, 0.4) is 0 Å². The van der Waals surface area contributed by atoms with Crippen LogP contribution in [-0.2, 0) is 0 Å². The maximum absolute atomic E-state index is 4.05. The molecular weight excluding hydrogens is 160 g/mol. The van der Waals surface area contributed by atoms with E-state index in [2.05, 4.69) is 22.2 Å². The molecule has 4 nitrogen and oxygen atoms in total. The molecule has 0 amide bonds. The molecule has 55 valence electrons. The van der Waals surface area contributed by atoms with Gasteiger partial charge < -0.3 is 0 Å². The van der Waals surface area contributed by atoms with Gasteiger partial charge in [-0.05, 0) is 6.92 Å². The second-order valence-electron chi connectivity index (χ2n) is 1.97. The molecule has 2 rings (SSSR count). The Balaban J connectivity index is 2.45. The predicted octanol–water partition coefficient (Wildman–Crippen LogP) is 0.906. The molecule has 0 aromatic carbocycles. The minimum atomic E-state index is 0.653. The van der Waals surface area contributed by atoms with Gasteiger partial charge in [0, 0.05) is 11.6 Å². The van der Waals surface area contributed by atoms with Crippen LogP contribution in [-0.4, -0.2) is 20.0 Å². The first-order chi connectivity index (χ1) is 5.36. The fourth-order valence-electron chi connectivity index (χ4n) is 0.721. The van der Waals surface area contributed by atoms with E-state index >= 15 is 0 Å². The predicted molar refractivity (Wildman–Crippen MR) is 41.5 cm³/mol. The first kappa shape index (κ1) is 6.48. The molecule has 11 heavy (non-hydrogen) atoms. The third-order valence-electron chi connectivity index (χ3n) is 1.16. The molecule has 0 unspecified atom stereocenters. The van der Waals surface area contributed by atoms with Crippen LogP contribution in [0.5, 0.6) is 0 Å². The molecule has 0 fully saturated rings. The van der Waals surface area contributed by atoms with Gasteiger partial charge in [-0.25, -0.2) is 4.98 Å². The minimum Gasteiger partial charge on any atom is -0.227 e. The van der Waals surface area contributed by atoms with Crippen molar-refractivity contribution in [2.75, 3.05) is 0 Å². The van der Waals surface area contributed by atoms with E-state index < -0.39 is 0 Å². The lowest BCUT2D eigenvalue weighted by Crippen LogP contribution is -1.92. The van der Waals surface area contributed by atoms with Gasteiger partial charge in [0.2, 0.25) is 5.13 Å². The summed E-state index contributed by atoms with van der Waals surface area (Å²) in [6, 6.07) is 0. The number of rotatable bonds is 1. The van der Waals surface area contributed by atoms with Crippen molar-refractivity contribution in [1.82, 2.24) is 20.0 Å². The third-order valence-corrected chi connectivity index (χ3v) is 1.92. The summed E-state index contributed by atoms with van der Waals surface area (Å²) in [6.45, 7) is 3.63. The summed E-state index contributed by atoms with van der Waals surface area (Å²) in [4.78, 5) is 4.05. The second kappa shape index (κ2) is 2.43. The molecule has 0 bridgehead atoms. The molecule has 0 saturated heterocycles. The Morgan fingerprint density at radius 3 is 3.00 bits per heavy atom. The van der Waals surface area contributed by atoms with Crippen LogP contribution in [0.25, 0.3) is 5.13 Å². The van der Waals surface area contributed by atoms with E-state index in [0.717, 1.165) is 5.13 Å². The number of hydrogen-bond acceptors (Lipinski definition) is 4. The maximum Gasteiger partial charge on any atom is 0.211 e. The standard InChI is InChI=1S/C6H5N4S/c1-5-4-10(9-8-5)6-7-2-3-11-6/h2-4H,1H2. The highest BCUT2D eigenvalue weighted by molar-refractivity contribution is 7.12. The third kappa shape index (κ3) is 1.14. The highest BCUT2D eigenvalue weighted by Crippen LogP contribution is 2.08. The zero-order chi connectivity index (χ0) is 7.68. The van der Waals surface area contributed by atoms with Crippen LogP contribution in [0.15, 0.2) is 17.8 Å². The largest absolute Gasteiger partial charge is 0.227 e. The van der Waals surface area contributed by atoms with E-state index in [1.54, 1.807) is 17.1 Å². The van der Waals surface area contributed by atoms with Crippen LogP contribution < -0.4 is 0 Å². The van der Waals surface area contributed by atoms with Crippen LogP contribution >= 0.6 is 11.3 Å².